The highest BCUT2D eigenvalue weighted by Crippen LogP contribution is 2.25. The van der Waals surface area contributed by atoms with Gasteiger partial charge in [0, 0.05) is 37.8 Å². The first-order valence-electron chi connectivity index (χ1n) is 11.5. The minimum absolute atomic E-state index is 0.122. The maximum atomic E-state index is 13.1. The molecule has 0 unspecified atom stereocenters. The van der Waals surface area contributed by atoms with E-state index in [2.05, 4.69) is 20.1 Å². The van der Waals surface area contributed by atoms with E-state index < -0.39 is 0 Å². The van der Waals surface area contributed by atoms with Gasteiger partial charge in [-0.15, -0.1) is 0 Å². The van der Waals surface area contributed by atoms with Crippen molar-refractivity contribution in [1.29, 1.82) is 0 Å². The fourth-order valence-corrected chi connectivity index (χ4v) is 4.16. The molecule has 1 fully saturated rings. The van der Waals surface area contributed by atoms with Gasteiger partial charge in [0.05, 0.1) is 17.6 Å². The molecule has 0 radical (unpaired) electrons. The van der Waals surface area contributed by atoms with Crippen molar-refractivity contribution in [2.24, 2.45) is 0 Å². The summed E-state index contributed by atoms with van der Waals surface area (Å²) in [5.41, 5.74) is 1.45. The molecule has 2 aromatic heterocycles. The second-order valence-corrected chi connectivity index (χ2v) is 8.12. The largest absolute Gasteiger partial charge is 0.492 e. The van der Waals surface area contributed by atoms with Gasteiger partial charge in [-0.05, 0) is 36.4 Å². The number of pyridine rings is 2. The zero-order chi connectivity index (χ0) is 23.2. The van der Waals surface area contributed by atoms with E-state index in [1.165, 1.54) is 0 Å². The van der Waals surface area contributed by atoms with Crippen molar-refractivity contribution in [3.8, 4) is 5.75 Å². The summed E-state index contributed by atoms with van der Waals surface area (Å²) >= 11 is 0. The SMILES string of the molecule is O=C(NCCOc1ccccc1)c1cc(N2CCN(c3ccccn3)CC2)nc2ccccc12. The van der Waals surface area contributed by atoms with Gasteiger partial charge in [0.25, 0.3) is 5.91 Å². The van der Waals surface area contributed by atoms with Crippen LogP contribution in [0.5, 0.6) is 5.75 Å². The van der Waals surface area contributed by atoms with Gasteiger partial charge in [-0.3, -0.25) is 4.79 Å². The van der Waals surface area contributed by atoms with E-state index in [9.17, 15) is 4.79 Å². The molecule has 1 N–H and O–H groups in total. The lowest BCUT2D eigenvalue weighted by molar-refractivity contribution is 0.0948. The number of carbonyl (C=O) groups is 1. The minimum Gasteiger partial charge on any atom is -0.492 e. The first-order valence-corrected chi connectivity index (χ1v) is 11.5. The van der Waals surface area contributed by atoms with E-state index in [0.717, 1.165) is 54.5 Å². The summed E-state index contributed by atoms with van der Waals surface area (Å²) in [6.07, 6.45) is 1.82. The number of benzene rings is 2. The van der Waals surface area contributed by atoms with Crippen molar-refractivity contribution in [2.75, 3.05) is 49.1 Å². The number of nitrogens with zero attached hydrogens (tertiary/aromatic N) is 4. The lowest BCUT2D eigenvalue weighted by Crippen LogP contribution is -2.47. The fraction of sp³-hybridized carbons (Fsp3) is 0.222. The molecule has 2 aromatic carbocycles. The van der Waals surface area contributed by atoms with E-state index in [-0.39, 0.29) is 5.91 Å². The minimum atomic E-state index is -0.122. The smallest absolute Gasteiger partial charge is 0.252 e. The van der Waals surface area contributed by atoms with Gasteiger partial charge in [-0.2, -0.15) is 0 Å². The second-order valence-electron chi connectivity index (χ2n) is 8.12. The third-order valence-electron chi connectivity index (χ3n) is 5.92. The Bertz CT molecular complexity index is 1240. The number of piperazine rings is 1. The Kier molecular flexibility index (Phi) is 6.52. The van der Waals surface area contributed by atoms with E-state index in [4.69, 9.17) is 9.72 Å². The van der Waals surface area contributed by atoms with Crippen molar-refractivity contribution in [2.45, 2.75) is 0 Å². The number of carbonyl (C=O) groups excluding carboxylic acids is 1. The maximum Gasteiger partial charge on any atom is 0.252 e. The summed E-state index contributed by atoms with van der Waals surface area (Å²) < 4.78 is 5.70. The van der Waals surface area contributed by atoms with Gasteiger partial charge >= 0.3 is 0 Å². The number of aromatic nitrogens is 2. The average Bonchev–Trinajstić information content (AvgIpc) is 2.91. The molecule has 1 saturated heterocycles. The van der Waals surface area contributed by atoms with Crippen LogP contribution in [0.15, 0.2) is 85.1 Å². The van der Waals surface area contributed by atoms with Crippen LogP contribution in [0, 0.1) is 0 Å². The molecule has 0 aliphatic carbocycles. The summed E-state index contributed by atoms with van der Waals surface area (Å²) in [7, 11) is 0. The maximum absolute atomic E-state index is 13.1. The van der Waals surface area contributed by atoms with E-state index in [0.29, 0.717) is 18.7 Å². The molecule has 1 aliphatic rings. The van der Waals surface area contributed by atoms with Gasteiger partial charge in [-0.25, -0.2) is 9.97 Å². The Labute approximate surface area is 199 Å². The van der Waals surface area contributed by atoms with Gasteiger partial charge < -0.3 is 19.9 Å². The molecule has 0 saturated carbocycles. The third kappa shape index (κ3) is 4.93. The quantitative estimate of drug-likeness (QED) is 0.430. The molecule has 1 aliphatic heterocycles. The molecule has 1 amide bonds. The molecule has 7 nitrogen and oxygen atoms in total. The Morgan fingerprint density at radius 1 is 0.853 bits per heavy atom. The van der Waals surface area contributed by atoms with Gasteiger partial charge in [0.2, 0.25) is 0 Å². The predicted molar refractivity (Wildman–Crippen MR) is 135 cm³/mol. The van der Waals surface area contributed by atoms with Crippen LogP contribution in [0.4, 0.5) is 11.6 Å². The number of hydrogen-bond donors (Lipinski definition) is 1. The number of fused-ring (bicyclic) bond motifs is 1. The third-order valence-corrected chi connectivity index (χ3v) is 5.92. The number of para-hydroxylation sites is 2. The number of amides is 1. The Morgan fingerprint density at radius 3 is 2.32 bits per heavy atom. The highest BCUT2D eigenvalue weighted by Gasteiger charge is 2.21. The molecular formula is C27H27N5O2. The molecule has 3 heterocycles. The lowest BCUT2D eigenvalue weighted by Gasteiger charge is -2.36. The number of nitrogens with one attached hydrogen (secondary N) is 1. The normalized spacial score (nSPS) is 13.6. The zero-order valence-electron chi connectivity index (χ0n) is 18.9. The molecule has 0 bridgehead atoms. The average molecular weight is 454 g/mol. The second kappa shape index (κ2) is 10.2. The van der Waals surface area contributed by atoms with Gasteiger partial charge in [0.15, 0.2) is 0 Å². The fourth-order valence-electron chi connectivity index (χ4n) is 4.16. The van der Waals surface area contributed by atoms with Gasteiger partial charge in [-0.1, -0.05) is 42.5 Å². The van der Waals surface area contributed by atoms with Crippen LogP contribution in [-0.2, 0) is 0 Å². The molecule has 7 heteroatoms. The number of rotatable bonds is 7. The lowest BCUT2D eigenvalue weighted by atomic mass is 10.1. The van der Waals surface area contributed by atoms with Crippen LogP contribution in [0.2, 0.25) is 0 Å². The van der Waals surface area contributed by atoms with E-state index >= 15 is 0 Å². The Morgan fingerprint density at radius 2 is 1.56 bits per heavy atom. The topological polar surface area (TPSA) is 70.6 Å². The number of hydrogen-bond acceptors (Lipinski definition) is 6. The van der Waals surface area contributed by atoms with Crippen molar-refractivity contribution in [1.82, 2.24) is 15.3 Å². The van der Waals surface area contributed by atoms with E-state index in [1.807, 2.05) is 85.1 Å². The van der Waals surface area contributed by atoms with Gasteiger partial charge in [0.1, 0.15) is 24.0 Å². The van der Waals surface area contributed by atoms with Crippen molar-refractivity contribution in [3.63, 3.8) is 0 Å². The highest BCUT2D eigenvalue weighted by molar-refractivity contribution is 6.07. The number of anilines is 2. The first kappa shape index (κ1) is 21.7. The molecule has 34 heavy (non-hydrogen) atoms. The predicted octanol–water partition coefficient (Wildman–Crippen LogP) is 3.77. The molecule has 5 rings (SSSR count). The van der Waals surface area contributed by atoms with Crippen LogP contribution in [-0.4, -0.2) is 55.2 Å². The summed E-state index contributed by atoms with van der Waals surface area (Å²) in [4.78, 5) is 27.0. The molecule has 172 valence electrons. The van der Waals surface area contributed by atoms with Crippen molar-refractivity contribution >= 4 is 28.4 Å². The number of ether oxygens (including phenoxy) is 1. The summed E-state index contributed by atoms with van der Waals surface area (Å²) in [6.45, 7) is 4.15. The summed E-state index contributed by atoms with van der Waals surface area (Å²) in [5.74, 6) is 2.48. The van der Waals surface area contributed by atoms with Crippen LogP contribution in [0.1, 0.15) is 10.4 Å². The summed E-state index contributed by atoms with van der Waals surface area (Å²) in [6, 6.07) is 25.3. The summed E-state index contributed by atoms with van der Waals surface area (Å²) in [5, 5.41) is 3.84. The van der Waals surface area contributed by atoms with Crippen molar-refractivity contribution < 1.29 is 9.53 Å². The molecule has 0 atom stereocenters. The molecular weight excluding hydrogens is 426 g/mol. The van der Waals surface area contributed by atoms with Crippen LogP contribution in [0.3, 0.4) is 0 Å². The zero-order valence-corrected chi connectivity index (χ0v) is 18.9. The molecule has 0 spiro atoms. The van der Waals surface area contributed by atoms with Crippen LogP contribution >= 0.6 is 0 Å². The van der Waals surface area contributed by atoms with Crippen LogP contribution in [0.25, 0.3) is 10.9 Å². The monoisotopic (exact) mass is 453 g/mol. The van der Waals surface area contributed by atoms with E-state index in [1.54, 1.807) is 0 Å². The Hall–Kier alpha value is -4.13. The molecule has 4 aromatic rings. The first-order chi connectivity index (χ1) is 16.8. The van der Waals surface area contributed by atoms with Crippen LogP contribution < -0.4 is 19.9 Å². The Balaban J connectivity index is 1.28. The highest BCUT2D eigenvalue weighted by atomic mass is 16.5. The van der Waals surface area contributed by atoms with Crippen molar-refractivity contribution in [3.05, 3.63) is 90.6 Å². The standard InChI is InChI=1S/C27H27N5O2/c33-27(29-14-19-34-21-8-2-1-3-9-21)23-20-26(30-24-11-5-4-10-22(23)24)32-17-15-31(16-18-32)25-12-6-7-13-28-25/h1-13,20H,14-19H2,(H,29,33).